The maximum absolute atomic E-state index is 12.4. The predicted molar refractivity (Wildman–Crippen MR) is 97.8 cm³/mol. The van der Waals surface area contributed by atoms with E-state index in [0.717, 1.165) is 55.3 Å². The van der Waals surface area contributed by atoms with Crippen molar-refractivity contribution in [1.82, 2.24) is 20.2 Å². The van der Waals surface area contributed by atoms with E-state index in [9.17, 15) is 4.79 Å². The van der Waals surface area contributed by atoms with Crippen molar-refractivity contribution >= 4 is 16.9 Å². The summed E-state index contributed by atoms with van der Waals surface area (Å²) in [7, 11) is 0. The van der Waals surface area contributed by atoms with E-state index in [4.69, 9.17) is 4.74 Å². The highest BCUT2D eigenvalue weighted by Gasteiger charge is 2.15. The van der Waals surface area contributed by atoms with Crippen molar-refractivity contribution in [3.8, 4) is 0 Å². The monoisotopic (exact) mass is 342 g/mol. The average Bonchev–Trinajstić information content (AvgIpc) is 2.61. The Bertz CT molecular complexity index is 756. The highest BCUT2D eigenvalue weighted by molar-refractivity contribution is 5.97. The molecule has 25 heavy (non-hydrogen) atoms. The summed E-state index contributed by atoms with van der Waals surface area (Å²) < 4.78 is 5.37. The molecule has 1 aromatic heterocycles. The maximum Gasteiger partial charge on any atom is 0.251 e. The van der Waals surface area contributed by atoms with Crippen molar-refractivity contribution in [2.75, 3.05) is 39.4 Å². The van der Waals surface area contributed by atoms with Gasteiger partial charge in [0, 0.05) is 31.7 Å². The number of aryl methyl sites for hydroxylation is 2. The van der Waals surface area contributed by atoms with Gasteiger partial charge < -0.3 is 10.1 Å². The van der Waals surface area contributed by atoms with Crippen LogP contribution in [-0.2, 0) is 4.74 Å². The first kappa shape index (κ1) is 17.8. The molecular weight excluding hydrogens is 316 g/mol. The van der Waals surface area contributed by atoms with E-state index in [1.807, 2.05) is 32.0 Å². The lowest BCUT2D eigenvalue weighted by atomic mass is 10.1. The van der Waals surface area contributed by atoms with E-state index in [1.54, 1.807) is 0 Å². The van der Waals surface area contributed by atoms with Crippen LogP contribution in [-0.4, -0.2) is 60.2 Å². The molecule has 3 rings (SSSR count). The number of carbonyl (C=O) groups is 1. The molecule has 0 bridgehead atoms. The number of aromatic nitrogens is 2. The Balaban J connectivity index is 1.59. The summed E-state index contributed by atoms with van der Waals surface area (Å²) in [6.45, 7) is 11.2. The number of fused-ring (bicyclic) bond motifs is 1. The van der Waals surface area contributed by atoms with Crippen LogP contribution in [0, 0.1) is 19.8 Å². The van der Waals surface area contributed by atoms with E-state index in [1.165, 1.54) is 0 Å². The van der Waals surface area contributed by atoms with Crippen LogP contribution in [0.5, 0.6) is 0 Å². The second kappa shape index (κ2) is 7.89. The van der Waals surface area contributed by atoms with Crippen molar-refractivity contribution in [3.05, 3.63) is 35.2 Å². The van der Waals surface area contributed by atoms with Crippen molar-refractivity contribution in [2.24, 2.45) is 5.92 Å². The number of morpholine rings is 1. The summed E-state index contributed by atoms with van der Waals surface area (Å²) in [4.78, 5) is 23.9. The maximum atomic E-state index is 12.4. The van der Waals surface area contributed by atoms with E-state index < -0.39 is 0 Å². The fraction of sp³-hybridized carbons (Fsp3) is 0.526. The van der Waals surface area contributed by atoms with Crippen LogP contribution < -0.4 is 5.32 Å². The molecule has 0 radical (unpaired) electrons. The Morgan fingerprint density at radius 2 is 1.88 bits per heavy atom. The lowest BCUT2D eigenvalue weighted by Gasteiger charge is -2.29. The van der Waals surface area contributed by atoms with Crippen LogP contribution in [0.15, 0.2) is 18.2 Å². The molecule has 1 unspecified atom stereocenters. The van der Waals surface area contributed by atoms with Crippen LogP contribution >= 0.6 is 0 Å². The molecule has 1 amide bonds. The molecule has 6 heteroatoms. The van der Waals surface area contributed by atoms with Gasteiger partial charge in [0.2, 0.25) is 0 Å². The minimum absolute atomic E-state index is 0.0595. The minimum atomic E-state index is -0.0595. The molecule has 1 saturated heterocycles. The second-order valence-electron chi connectivity index (χ2n) is 6.83. The predicted octanol–water partition coefficient (Wildman–Crippen LogP) is 1.94. The summed E-state index contributed by atoms with van der Waals surface area (Å²) in [6.07, 6.45) is 0. The molecule has 1 N–H and O–H groups in total. The van der Waals surface area contributed by atoms with Gasteiger partial charge in [-0.1, -0.05) is 6.92 Å². The molecule has 1 atom stereocenters. The Hall–Kier alpha value is -2.05. The van der Waals surface area contributed by atoms with Gasteiger partial charge in [0.15, 0.2) is 0 Å². The Kier molecular flexibility index (Phi) is 5.60. The van der Waals surface area contributed by atoms with Gasteiger partial charge in [-0.05, 0) is 38.0 Å². The van der Waals surface area contributed by atoms with Gasteiger partial charge in [0.25, 0.3) is 5.91 Å². The van der Waals surface area contributed by atoms with E-state index in [-0.39, 0.29) is 5.91 Å². The molecule has 0 spiro atoms. The molecular formula is C19H26N4O2. The fourth-order valence-corrected chi connectivity index (χ4v) is 3.03. The number of rotatable bonds is 5. The third kappa shape index (κ3) is 4.52. The van der Waals surface area contributed by atoms with Crippen LogP contribution in [0.4, 0.5) is 0 Å². The van der Waals surface area contributed by atoms with Gasteiger partial charge in [0.05, 0.1) is 35.6 Å². The first-order valence-electron chi connectivity index (χ1n) is 8.86. The van der Waals surface area contributed by atoms with Gasteiger partial charge in [-0.2, -0.15) is 0 Å². The Morgan fingerprint density at radius 1 is 1.20 bits per heavy atom. The molecule has 0 saturated carbocycles. The van der Waals surface area contributed by atoms with Crippen LogP contribution in [0.3, 0.4) is 0 Å². The normalized spacial score (nSPS) is 16.8. The zero-order chi connectivity index (χ0) is 17.8. The highest BCUT2D eigenvalue weighted by atomic mass is 16.5. The lowest BCUT2D eigenvalue weighted by molar-refractivity contribution is 0.0317. The molecule has 1 aliphatic heterocycles. The molecule has 1 aliphatic rings. The van der Waals surface area contributed by atoms with Gasteiger partial charge in [0.1, 0.15) is 0 Å². The molecule has 134 valence electrons. The molecule has 1 aromatic carbocycles. The first-order valence-corrected chi connectivity index (χ1v) is 8.86. The quantitative estimate of drug-likeness (QED) is 0.899. The SMILES string of the molecule is Cc1nc2ccc(C(=O)NCC(C)CN3CCOCC3)cc2nc1C. The first-order chi connectivity index (χ1) is 12.0. The Labute approximate surface area is 148 Å². The van der Waals surface area contributed by atoms with Crippen molar-refractivity contribution < 1.29 is 9.53 Å². The third-order valence-corrected chi connectivity index (χ3v) is 4.62. The average molecular weight is 342 g/mol. The summed E-state index contributed by atoms with van der Waals surface area (Å²) in [5.74, 6) is 0.336. The lowest BCUT2D eigenvalue weighted by Crippen LogP contribution is -2.41. The molecule has 2 heterocycles. The third-order valence-electron chi connectivity index (χ3n) is 4.62. The van der Waals surface area contributed by atoms with Crippen LogP contribution in [0.1, 0.15) is 28.7 Å². The summed E-state index contributed by atoms with van der Waals surface area (Å²) in [5, 5.41) is 3.03. The summed E-state index contributed by atoms with van der Waals surface area (Å²) in [6, 6.07) is 5.49. The summed E-state index contributed by atoms with van der Waals surface area (Å²) in [5.41, 5.74) is 4.02. The van der Waals surface area contributed by atoms with Crippen molar-refractivity contribution in [3.63, 3.8) is 0 Å². The van der Waals surface area contributed by atoms with Gasteiger partial charge in [-0.15, -0.1) is 0 Å². The molecule has 6 nitrogen and oxygen atoms in total. The number of nitrogens with zero attached hydrogens (tertiary/aromatic N) is 3. The molecule has 1 fully saturated rings. The number of ether oxygens (including phenoxy) is 1. The number of hydrogen-bond acceptors (Lipinski definition) is 5. The van der Waals surface area contributed by atoms with Gasteiger partial charge in [-0.25, -0.2) is 9.97 Å². The highest BCUT2D eigenvalue weighted by Crippen LogP contribution is 2.14. The zero-order valence-electron chi connectivity index (χ0n) is 15.2. The van der Waals surface area contributed by atoms with E-state index >= 15 is 0 Å². The topological polar surface area (TPSA) is 67.4 Å². The fourth-order valence-electron chi connectivity index (χ4n) is 3.03. The number of carbonyl (C=O) groups excluding carboxylic acids is 1. The summed E-state index contributed by atoms with van der Waals surface area (Å²) >= 11 is 0. The van der Waals surface area contributed by atoms with Crippen LogP contribution in [0.25, 0.3) is 11.0 Å². The number of benzene rings is 1. The molecule has 0 aliphatic carbocycles. The van der Waals surface area contributed by atoms with E-state index in [2.05, 4.69) is 27.1 Å². The van der Waals surface area contributed by atoms with Crippen LogP contribution in [0.2, 0.25) is 0 Å². The number of nitrogens with one attached hydrogen (secondary N) is 1. The van der Waals surface area contributed by atoms with Crippen molar-refractivity contribution in [2.45, 2.75) is 20.8 Å². The van der Waals surface area contributed by atoms with Gasteiger partial charge >= 0.3 is 0 Å². The van der Waals surface area contributed by atoms with Crippen molar-refractivity contribution in [1.29, 1.82) is 0 Å². The largest absolute Gasteiger partial charge is 0.379 e. The van der Waals surface area contributed by atoms with Gasteiger partial charge in [-0.3, -0.25) is 9.69 Å². The van der Waals surface area contributed by atoms with E-state index in [0.29, 0.717) is 18.0 Å². The smallest absolute Gasteiger partial charge is 0.251 e. The molecule has 2 aromatic rings. The second-order valence-corrected chi connectivity index (χ2v) is 6.83. The minimum Gasteiger partial charge on any atom is -0.379 e. The Morgan fingerprint density at radius 3 is 2.60 bits per heavy atom. The number of amides is 1. The zero-order valence-corrected chi connectivity index (χ0v) is 15.2. The number of hydrogen-bond donors (Lipinski definition) is 1. The standard InChI is InChI=1S/C19H26N4O2/c1-13(12-23-6-8-25-9-7-23)11-20-19(24)16-4-5-17-18(10-16)22-15(3)14(2)21-17/h4-5,10,13H,6-9,11-12H2,1-3H3,(H,20,24).